The van der Waals surface area contributed by atoms with E-state index in [1.807, 2.05) is 0 Å². The fourth-order valence-corrected chi connectivity index (χ4v) is 5.56. The first kappa shape index (κ1) is 18.8. The highest BCUT2D eigenvalue weighted by atomic mass is 16.6. The van der Waals surface area contributed by atoms with Crippen molar-refractivity contribution >= 4 is 29.1 Å². The van der Waals surface area contributed by atoms with Gasteiger partial charge in [0.1, 0.15) is 5.75 Å². The van der Waals surface area contributed by atoms with E-state index in [2.05, 4.69) is 17.5 Å². The first-order chi connectivity index (χ1) is 14.4. The zero-order valence-electron chi connectivity index (χ0n) is 16.3. The summed E-state index contributed by atoms with van der Waals surface area (Å²) >= 11 is 0. The topological polar surface area (TPSA) is 119 Å². The fraction of sp³-hybridized carbons (Fsp3) is 0.476. The molecule has 4 aliphatic carbocycles. The summed E-state index contributed by atoms with van der Waals surface area (Å²) in [7, 11) is 1.35. The molecule has 0 aromatic heterocycles. The van der Waals surface area contributed by atoms with E-state index in [1.165, 1.54) is 30.2 Å². The summed E-state index contributed by atoms with van der Waals surface area (Å²) in [6.07, 6.45) is 5.28. The lowest BCUT2D eigenvalue weighted by molar-refractivity contribution is -0.384. The van der Waals surface area contributed by atoms with Gasteiger partial charge in [0.05, 0.1) is 35.6 Å². The van der Waals surface area contributed by atoms with E-state index >= 15 is 0 Å². The third kappa shape index (κ3) is 2.72. The van der Waals surface area contributed by atoms with Gasteiger partial charge in [0, 0.05) is 19.0 Å². The molecule has 3 amide bonds. The molecule has 3 fully saturated rings. The Morgan fingerprint density at radius 3 is 2.40 bits per heavy atom. The minimum absolute atomic E-state index is 0.0283. The number of allylic oxidation sites excluding steroid dienone is 2. The van der Waals surface area contributed by atoms with Crippen LogP contribution in [0.25, 0.3) is 0 Å². The molecule has 9 heteroatoms. The second-order valence-corrected chi connectivity index (χ2v) is 8.42. The first-order valence-corrected chi connectivity index (χ1v) is 10.1. The zero-order valence-corrected chi connectivity index (χ0v) is 16.3. The molecule has 6 rings (SSSR count). The number of imide groups is 1. The lowest BCUT2D eigenvalue weighted by atomic mass is 9.63. The van der Waals surface area contributed by atoms with Gasteiger partial charge < -0.3 is 10.1 Å². The highest BCUT2D eigenvalue weighted by Gasteiger charge is 2.66. The van der Waals surface area contributed by atoms with Crippen molar-refractivity contribution in [3.05, 3.63) is 40.5 Å². The minimum Gasteiger partial charge on any atom is -0.494 e. The van der Waals surface area contributed by atoms with Gasteiger partial charge in [-0.3, -0.25) is 29.4 Å². The van der Waals surface area contributed by atoms with Crippen molar-refractivity contribution in [3.63, 3.8) is 0 Å². The van der Waals surface area contributed by atoms with Gasteiger partial charge in [0.25, 0.3) is 5.69 Å². The van der Waals surface area contributed by atoms with Crippen LogP contribution < -0.4 is 10.1 Å². The highest BCUT2D eigenvalue weighted by Crippen LogP contribution is 2.65. The quantitative estimate of drug-likeness (QED) is 0.331. The summed E-state index contributed by atoms with van der Waals surface area (Å²) in [5.41, 5.74) is 0.144. The fourth-order valence-electron chi connectivity index (χ4n) is 5.56. The predicted octanol–water partition coefficient (Wildman–Crippen LogP) is 1.99. The summed E-state index contributed by atoms with van der Waals surface area (Å²) in [4.78, 5) is 49.9. The molecule has 1 aliphatic heterocycles. The summed E-state index contributed by atoms with van der Waals surface area (Å²) in [6, 6.07) is 3.89. The predicted molar refractivity (Wildman–Crippen MR) is 104 cm³/mol. The number of benzene rings is 1. The number of anilines is 1. The average molecular weight is 411 g/mol. The Balaban J connectivity index is 1.24. The molecule has 5 aliphatic rings. The lowest BCUT2D eigenvalue weighted by Crippen LogP contribution is -2.40. The molecule has 1 saturated heterocycles. The Labute approximate surface area is 172 Å². The molecular formula is C21H21N3O6. The number of nitro groups is 1. The van der Waals surface area contributed by atoms with Gasteiger partial charge in [0.15, 0.2) is 0 Å². The number of likely N-dealkylation sites (tertiary alicyclic amines) is 1. The minimum atomic E-state index is -0.551. The molecular weight excluding hydrogens is 390 g/mol. The number of methoxy groups -OCH3 is 1. The molecule has 0 radical (unpaired) electrons. The van der Waals surface area contributed by atoms with E-state index in [4.69, 9.17) is 4.74 Å². The van der Waals surface area contributed by atoms with Crippen LogP contribution >= 0.6 is 0 Å². The van der Waals surface area contributed by atoms with Gasteiger partial charge >= 0.3 is 0 Å². The van der Waals surface area contributed by atoms with Crippen LogP contribution in [0.4, 0.5) is 11.4 Å². The van der Waals surface area contributed by atoms with Gasteiger partial charge in [0.2, 0.25) is 17.7 Å². The number of carbonyl (C=O) groups is 3. The largest absolute Gasteiger partial charge is 0.494 e. The third-order valence-corrected chi connectivity index (χ3v) is 6.99. The molecule has 9 nitrogen and oxygen atoms in total. The van der Waals surface area contributed by atoms with Crippen LogP contribution in [0.2, 0.25) is 0 Å². The maximum absolute atomic E-state index is 12.9. The number of hydrogen-bond donors (Lipinski definition) is 1. The van der Waals surface area contributed by atoms with Crippen LogP contribution in [0.15, 0.2) is 30.4 Å². The first-order valence-electron chi connectivity index (χ1n) is 10.1. The number of amides is 3. The van der Waals surface area contributed by atoms with Crippen molar-refractivity contribution in [3.8, 4) is 5.75 Å². The number of hydrogen-bond acceptors (Lipinski definition) is 6. The van der Waals surface area contributed by atoms with Crippen LogP contribution in [0.1, 0.15) is 12.8 Å². The summed E-state index contributed by atoms with van der Waals surface area (Å²) in [6.45, 7) is 0.0283. The number of nitro benzene ring substituents is 1. The summed E-state index contributed by atoms with van der Waals surface area (Å²) < 4.78 is 5.11. The molecule has 30 heavy (non-hydrogen) atoms. The van der Waals surface area contributed by atoms with Crippen molar-refractivity contribution in [2.24, 2.45) is 35.5 Å². The second kappa shape index (κ2) is 6.65. The Morgan fingerprint density at radius 1 is 1.20 bits per heavy atom. The van der Waals surface area contributed by atoms with Crippen molar-refractivity contribution in [1.29, 1.82) is 0 Å². The molecule has 0 spiro atoms. The van der Waals surface area contributed by atoms with Crippen LogP contribution in [0.5, 0.6) is 5.75 Å². The number of ether oxygens (including phenoxy) is 1. The highest BCUT2D eigenvalue weighted by molar-refractivity contribution is 6.06. The monoisotopic (exact) mass is 411 g/mol. The van der Waals surface area contributed by atoms with E-state index in [-0.39, 0.29) is 59.9 Å². The Morgan fingerprint density at radius 2 is 1.83 bits per heavy atom. The molecule has 156 valence electrons. The molecule has 1 aromatic rings. The molecule has 1 heterocycles. The van der Waals surface area contributed by atoms with Crippen molar-refractivity contribution in [2.45, 2.75) is 12.8 Å². The molecule has 1 N–H and O–H groups in total. The molecule has 0 unspecified atom stereocenters. The van der Waals surface area contributed by atoms with E-state index in [9.17, 15) is 24.5 Å². The average Bonchev–Trinajstić information content (AvgIpc) is 3.51. The number of nitrogens with one attached hydrogen (secondary N) is 1. The van der Waals surface area contributed by atoms with E-state index in [1.54, 1.807) is 0 Å². The smallest absolute Gasteiger partial charge is 0.273 e. The molecule has 1 aromatic carbocycles. The molecule has 2 bridgehead atoms. The van der Waals surface area contributed by atoms with Crippen molar-refractivity contribution < 1.29 is 24.0 Å². The van der Waals surface area contributed by atoms with Crippen LogP contribution in [-0.2, 0) is 14.4 Å². The van der Waals surface area contributed by atoms with Gasteiger partial charge in [-0.1, -0.05) is 12.2 Å². The number of rotatable bonds is 6. The van der Waals surface area contributed by atoms with Gasteiger partial charge in [-0.2, -0.15) is 0 Å². The number of carbonyl (C=O) groups excluding carboxylic acids is 3. The Kier molecular flexibility index (Phi) is 4.16. The van der Waals surface area contributed by atoms with Crippen LogP contribution in [0.3, 0.4) is 0 Å². The summed E-state index contributed by atoms with van der Waals surface area (Å²) in [5.74, 6) is 0.301. The van der Waals surface area contributed by atoms with Gasteiger partial charge in [-0.15, -0.1) is 0 Å². The lowest BCUT2D eigenvalue weighted by Gasteiger charge is -2.37. The van der Waals surface area contributed by atoms with Gasteiger partial charge in [-0.25, -0.2) is 0 Å². The maximum atomic E-state index is 12.9. The SMILES string of the molecule is COc1cc([N+](=O)[O-])ccc1NC(=O)CCN1C(=O)[C@H]2[C@@H]3C=C[C@H]([C@H]4C[C@H]34)[C@@H]2C1=O. The number of non-ortho nitro benzene ring substituents is 1. The second-order valence-electron chi connectivity index (χ2n) is 8.42. The van der Waals surface area contributed by atoms with E-state index < -0.39 is 10.8 Å². The van der Waals surface area contributed by atoms with E-state index in [0.717, 1.165) is 6.42 Å². The van der Waals surface area contributed by atoms with Crippen molar-refractivity contribution in [2.75, 3.05) is 19.0 Å². The molecule has 6 atom stereocenters. The van der Waals surface area contributed by atoms with E-state index in [0.29, 0.717) is 17.5 Å². The van der Waals surface area contributed by atoms with Crippen LogP contribution in [-0.4, -0.2) is 41.2 Å². The normalized spacial score (nSPS) is 32.6. The summed E-state index contributed by atoms with van der Waals surface area (Å²) in [5, 5.41) is 13.5. The van der Waals surface area contributed by atoms with Crippen molar-refractivity contribution in [1.82, 2.24) is 4.90 Å². The maximum Gasteiger partial charge on any atom is 0.273 e. The van der Waals surface area contributed by atoms with Gasteiger partial charge in [-0.05, 0) is 36.2 Å². The standard InChI is InChI=1S/C21H21N3O6/c1-30-16-8-10(24(28)29)2-5-15(16)22-17(25)6-7-23-20(26)18-11-3-4-12(14-9-13(11)14)19(18)21(23)27/h2-5,8,11-14,18-19H,6-7,9H2,1H3,(H,22,25)/t11-,12-,13-,14-,18+,19+/m1/s1. The number of nitrogens with zero attached hydrogens (tertiary/aromatic N) is 2. The molecule has 2 saturated carbocycles. The van der Waals surface area contributed by atoms with Crippen LogP contribution in [0, 0.1) is 45.6 Å². The third-order valence-electron chi connectivity index (χ3n) is 6.99. The zero-order chi connectivity index (χ0) is 21.2. The Hall–Kier alpha value is -3.23. The Bertz CT molecular complexity index is 968.